The molecule has 0 saturated heterocycles. The molecule has 0 saturated carbocycles. The molecule has 2 N–H and O–H groups in total. The van der Waals surface area contributed by atoms with E-state index in [4.69, 9.17) is 4.18 Å². The number of amides is 1. The average molecular weight is 407 g/mol. The maximum Gasteiger partial charge on any atom is 0.339 e. The van der Waals surface area contributed by atoms with Gasteiger partial charge in [-0.05, 0) is 41.1 Å². The van der Waals surface area contributed by atoms with Gasteiger partial charge in [-0.3, -0.25) is 4.79 Å². The summed E-state index contributed by atoms with van der Waals surface area (Å²) < 4.78 is 31.2. The van der Waals surface area contributed by atoms with E-state index in [0.29, 0.717) is 21.8 Å². The molecule has 0 spiro atoms. The zero-order valence-electron chi connectivity index (χ0n) is 15.4. The van der Waals surface area contributed by atoms with Crippen molar-refractivity contribution in [1.82, 2.24) is 0 Å². The van der Waals surface area contributed by atoms with E-state index >= 15 is 0 Å². The Morgan fingerprint density at radius 3 is 2.45 bits per heavy atom. The van der Waals surface area contributed by atoms with Crippen LogP contribution in [0.15, 0.2) is 77.7 Å². The Kier molecular flexibility index (Phi) is 4.60. The van der Waals surface area contributed by atoms with Gasteiger partial charge in [0.1, 0.15) is 10.6 Å². The number of nitrogens with one attached hydrogen (secondary N) is 1. The number of phenols is 1. The second-order valence-electron chi connectivity index (χ2n) is 6.57. The van der Waals surface area contributed by atoms with E-state index in [1.54, 1.807) is 42.5 Å². The van der Waals surface area contributed by atoms with Gasteiger partial charge in [-0.1, -0.05) is 36.4 Å². The first-order valence-electron chi connectivity index (χ1n) is 8.80. The number of hydrogen-bond acceptors (Lipinski definition) is 5. The number of hydrogen-bond donors (Lipinski definition) is 2. The van der Waals surface area contributed by atoms with E-state index in [1.165, 1.54) is 13.0 Å². The van der Waals surface area contributed by atoms with Crippen LogP contribution < -0.4 is 9.50 Å². The summed E-state index contributed by atoms with van der Waals surface area (Å²) in [6.45, 7) is 1.38. The molecule has 0 bridgehead atoms. The van der Waals surface area contributed by atoms with Crippen LogP contribution in [-0.4, -0.2) is 19.4 Å². The van der Waals surface area contributed by atoms with Crippen LogP contribution in [0.2, 0.25) is 0 Å². The highest BCUT2D eigenvalue weighted by molar-refractivity contribution is 7.87. The fourth-order valence-electron chi connectivity index (χ4n) is 3.18. The van der Waals surface area contributed by atoms with Crippen LogP contribution in [0.1, 0.15) is 6.92 Å². The highest BCUT2D eigenvalue weighted by atomic mass is 32.2. The quantitative estimate of drug-likeness (QED) is 0.489. The fraction of sp³-hybridized carbons (Fsp3) is 0.0455. The molecule has 7 heteroatoms. The van der Waals surface area contributed by atoms with E-state index in [0.717, 1.165) is 11.5 Å². The van der Waals surface area contributed by atoms with Crippen molar-refractivity contribution >= 4 is 43.3 Å². The van der Waals surface area contributed by atoms with Crippen molar-refractivity contribution in [2.75, 3.05) is 5.32 Å². The molecule has 0 heterocycles. The molecule has 0 aliphatic heterocycles. The summed E-state index contributed by atoms with van der Waals surface area (Å²) in [4.78, 5) is 11.1. The van der Waals surface area contributed by atoms with Crippen LogP contribution in [0.4, 0.5) is 5.69 Å². The first-order valence-corrected chi connectivity index (χ1v) is 10.2. The largest absolute Gasteiger partial charge is 0.507 e. The molecular weight excluding hydrogens is 390 g/mol. The molecule has 29 heavy (non-hydrogen) atoms. The molecule has 0 atom stereocenters. The van der Waals surface area contributed by atoms with Gasteiger partial charge in [0, 0.05) is 29.4 Å². The Bertz CT molecular complexity index is 1360. The number of phenolic OH excluding ortho intramolecular Hbond substituents is 1. The van der Waals surface area contributed by atoms with Crippen molar-refractivity contribution in [3.05, 3.63) is 72.8 Å². The van der Waals surface area contributed by atoms with E-state index in [-0.39, 0.29) is 22.3 Å². The molecule has 0 fully saturated rings. The van der Waals surface area contributed by atoms with Gasteiger partial charge in [-0.2, -0.15) is 8.42 Å². The average Bonchev–Trinajstić information content (AvgIpc) is 2.67. The molecule has 146 valence electrons. The number of carbonyl (C=O) groups is 1. The van der Waals surface area contributed by atoms with Gasteiger partial charge in [-0.15, -0.1) is 0 Å². The van der Waals surface area contributed by atoms with Gasteiger partial charge < -0.3 is 14.6 Å². The van der Waals surface area contributed by atoms with Gasteiger partial charge in [0.2, 0.25) is 5.91 Å². The summed E-state index contributed by atoms with van der Waals surface area (Å²) in [6.07, 6.45) is 0. The van der Waals surface area contributed by atoms with Crippen LogP contribution >= 0.6 is 0 Å². The van der Waals surface area contributed by atoms with Crippen molar-refractivity contribution in [3.8, 4) is 11.5 Å². The third-order valence-electron chi connectivity index (χ3n) is 4.46. The number of aromatic hydroxyl groups is 1. The van der Waals surface area contributed by atoms with Crippen molar-refractivity contribution in [2.24, 2.45) is 0 Å². The fourth-order valence-corrected chi connectivity index (χ4v) is 4.19. The summed E-state index contributed by atoms with van der Waals surface area (Å²) in [6, 6.07) is 19.8. The highest BCUT2D eigenvalue weighted by Crippen LogP contribution is 2.33. The minimum Gasteiger partial charge on any atom is -0.507 e. The third-order valence-corrected chi connectivity index (χ3v) is 5.67. The first-order chi connectivity index (χ1) is 13.8. The summed E-state index contributed by atoms with van der Waals surface area (Å²) >= 11 is 0. The summed E-state index contributed by atoms with van der Waals surface area (Å²) in [5.74, 6) is -0.247. The van der Waals surface area contributed by atoms with Crippen LogP contribution in [0.3, 0.4) is 0 Å². The number of fused-ring (bicyclic) bond motifs is 2. The molecule has 4 rings (SSSR count). The molecule has 0 radical (unpaired) electrons. The maximum absolute atomic E-state index is 12.9. The van der Waals surface area contributed by atoms with Crippen LogP contribution in [0.5, 0.6) is 11.5 Å². The van der Waals surface area contributed by atoms with E-state index in [2.05, 4.69) is 5.32 Å². The molecule has 0 aromatic heterocycles. The molecular formula is C22H17NO5S. The highest BCUT2D eigenvalue weighted by Gasteiger charge is 2.20. The monoisotopic (exact) mass is 407 g/mol. The lowest BCUT2D eigenvalue weighted by Gasteiger charge is -2.12. The van der Waals surface area contributed by atoms with Crippen molar-refractivity contribution < 1.29 is 22.5 Å². The van der Waals surface area contributed by atoms with E-state index in [1.807, 2.05) is 18.2 Å². The standard InChI is InChI=1S/C22H17NO5S/c1-14(24)23-17-9-10-19-16(11-17)12-18(13-21(19)25)29(26,27)28-22-8-4-6-15-5-2-3-7-20(15)22/h2-13,25H,1H3,(H,23,24). The van der Waals surface area contributed by atoms with Crippen molar-refractivity contribution in [3.63, 3.8) is 0 Å². The second kappa shape index (κ2) is 7.10. The topological polar surface area (TPSA) is 92.7 Å². The Hall–Kier alpha value is -3.58. The summed E-state index contributed by atoms with van der Waals surface area (Å²) in [5.41, 5.74) is 0.494. The van der Waals surface area contributed by atoms with E-state index < -0.39 is 10.1 Å². The van der Waals surface area contributed by atoms with Crippen molar-refractivity contribution in [2.45, 2.75) is 11.8 Å². The van der Waals surface area contributed by atoms with Crippen LogP contribution in [0.25, 0.3) is 21.5 Å². The third kappa shape index (κ3) is 3.72. The van der Waals surface area contributed by atoms with Gasteiger partial charge in [0.15, 0.2) is 5.75 Å². The minimum atomic E-state index is -4.20. The Morgan fingerprint density at radius 2 is 1.66 bits per heavy atom. The molecule has 0 unspecified atom stereocenters. The number of rotatable bonds is 4. The molecule has 0 aliphatic rings. The summed E-state index contributed by atoms with van der Waals surface area (Å²) in [5, 5.41) is 15.4. The Labute approximate surface area is 167 Å². The smallest absolute Gasteiger partial charge is 0.339 e. The normalized spacial score (nSPS) is 11.5. The molecule has 0 aliphatic carbocycles. The Morgan fingerprint density at radius 1 is 0.897 bits per heavy atom. The second-order valence-corrected chi connectivity index (χ2v) is 8.12. The molecule has 1 amide bonds. The maximum atomic E-state index is 12.9. The van der Waals surface area contributed by atoms with Crippen LogP contribution in [-0.2, 0) is 14.9 Å². The van der Waals surface area contributed by atoms with Crippen molar-refractivity contribution in [1.29, 1.82) is 0 Å². The predicted molar refractivity (Wildman–Crippen MR) is 112 cm³/mol. The zero-order chi connectivity index (χ0) is 20.6. The molecule has 6 nitrogen and oxygen atoms in total. The first kappa shape index (κ1) is 18.8. The van der Waals surface area contributed by atoms with Gasteiger partial charge in [0.05, 0.1) is 0 Å². The zero-order valence-corrected chi connectivity index (χ0v) is 16.2. The Balaban J connectivity index is 1.78. The minimum absolute atomic E-state index is 0.185. The van der Waals surface area contributed by atoms with Crippen LogP contribution in [0, 0.1) is 0 Å². The van der Waals surface area contributed by atoms with Gasteiger partial charge in [0.25, 0.3) is 0 Å². The van der Waals surface area contributed by atoms with Gasteiger partial charge >= 0.3 is 10.1 Å². The lowest BCUT2D eigenvalue weighted by molar-refractivity contribution is -0.114. The SMILES string of the molecule is CC(=O)Nc1ccc2c(O)cc(S(=O)(=O)Oc3cccc4ccccc34)cc2c1. The molecule has 4 aromatic rings. The molecule has 4 aromatic carbocycles. The lowest BCUT2D eigenvalue weighted by Crippen LogP contribution is -2.10. The number of anilines is 1. The summed E-state index contributed by atoms with van der Waals surface area (Å²) in [7, 11) is -4.20. The number of carbonyl (C=O) groups excluding carboxylic acids is 1. The predicted octanol–water partition coefficient (Wildman–Crippen LogP) is 4.42. The van der Waals surface area contributed by atoms with E-state index in [9.17, 15) is 18.3 Å². The van der Waals surface area contributed by atoms with Gasteiger partial charge in [-0.25, -0.2) is 0 Å². The lowest BCUT2D eigenvalue weighted by atomic mass is 10.1. The number of benzene rings is 4.